The second kappa shape index (κ2) is 9.04. The normalized spacial score (nSPS) is 11.4. The third-order valence-corrected chi connectivity index (χ3v) is 4.54. The van der Waals surface area contributed by atoms with Crippen molar-refractivity contribution in [3.05, 3.63) is 71.5 Å². The van der Waals surface area contributed by atoms with Gasteiger partial charge in [-0.1, -0.05) is 30.3 Å². The Morgan fingerprint density at radius 2 is 1.93 bits per heavy atom. The number of benzene rings is 1. The number of amides is 2. The lowest BCUT2D eigenvalue weighted by atomic mass is 10.0. The molecule has 8 heteroatoms. The van der Waals surface area contributed by atoms with Gasteiger partial charge in [-0.2, -0.15) is 0 Å². The van der Waals surface area contributed by atoms with E-state index in [-0.39, 0.29) is 23.4 Å². The van der Waals surface area contributed by atoms with Crippen molar-refractivity contribution in [2.24, 2.45) is 0 Å². The summed E-state index contributed by atoms with van der Waals surface area (Å²) in [6.07, 6.45) is 1.65. The maximum Gasteiger partial charge on any atom is 0.320 e. The first-order valence-electron chi connectivity index (χ1n) is 9.38. The maximum absolute atomic E-state index is 12.5. The number of rotatable bonds is 5. The smallest absolute Gasteiger partial charge is 0.320 e. The molecule has 0 spiro atoms. The van der Waals surface area contributed by atoms with Crippen LogP contribution in [0.2, 0.25) is 0 Å². The number of urea groups is 1. The summed E-state index contributed by atoms with van der Waals surface area (Å²) in [5, 5.41) is 13.7. The third-order valence-electron chi connectivity index (χ3n) is 4.54. The van der Waals surface area contributed by atoms with Gasteiger partial charge in [-0.05, 0) is 31.5 Å². The van der Waals surface area contributed by atoms with Crippen LogP contribution in [0.5, 0.6) is 0 Å². The summed E-state index contributed by atoms with van der Waals surface area (Å²) in [5.74, 6) is 0.153. The Labute approximate surface area is 175 Å². The number of ether oxygens (including phenoxy) is 1. The van der Waals surface area contributed by atoms with Gasteiger partial charge < -0.3 is 15.8 Å². The van der Waals surface area contributed by atoms with Crippen molar-refractivity contribution < 1.29 is 9.53 Å². The van der Waals surface area contributed by atoms with Crippen molar-refractivity contribution in [3.8, 4) is 11.3 Å². The molecule has 3 aromatic rings. The number of nitrogen functional groups attached to an aromatic ring is 1. The molecule has 0 aliphatic carbocycles. The van der Waals surface area contributed by atoms with Crippen LogP contribution < -0.4 is 16.4 Å². The molecule has 0 fully saturated rings. The maximum atomic E-state index is 12.5. The highest BCUT2D eigenvalue weighted by atomic mass is 16.5. The zero-order valence-electron chi connectivity index (χ0n) is 17.1. The van der Waals surface area contributed by atoms with Gasteiger partial charge in [0.15, 0.2) is 0 Å². The SMILES string of the molecule is COC(=N)c1c(N)cc(NC(=O)N[C@H](C)c2ccccc2)nc1-c1ccnc(C)c1. The minimum atomic E-state index is -0.412. The van der Waals surface area contributed by atoms with Gasteiger partial charge in [0.2, 0.25) is 5.90 Å². The molecule has 0 saturated heterocycles. The van der Waals surface area contributed by atoms with Gasteiger partial charge in [0, 0.05) is 23.5 Å². The van der Waals surface area contributed by atoms with Gasteiger partial charge in [-0.3, -0.25) is 15.7 Å². The number of aryl methyl sites for hydroxylation is 1. The zero-order valence-corrected chi connectivity index (χ0v) is 17.1. The van der Waals surface area contributed by atoms with E-state index in [1.165, 1.54) is 13.2 Å². The summed E-state index contributed by atoms with van der Waals surface area (Å²) in [5.41, 5.74) is 9.73. The van der Waals surface area contributed by atoms with E-state index in [0.717, 1.165) is 11.3 Å². The van der Waals surface area contributed by atoms with Crippen molar-refractivity contribution in [3.63, 3.8) is 0 Å². The van der Waals surface area contributed by atoms with Crippen molar-refractivity contribution in [1.29, 1.82) is 5.41 Å². The summed E-state index contributed by atoms with van der Waals surface area (Å²) in [6.45, 7) is 3.75. The molecule has 3 rings (SSSR count). The number of hydrogen-bond acceptors (Lipinski definition) is 6. The molecule has 2 aromatic heterocycles. The Bertz CT molecular complexity index is 1070. The molecular weight excluding hydrogens is 380 g/mol. The van der Waals surface area contributed by atoms with Crippen LogP contribution in [0.4, 0.5) is 16.3 Å². The summed E-state index contributed by atoms with van der Waals surface area (Å²) in [6, 6.07) is 14.1. The fraction of sp³-hybridized carbons (Fsp3) is 0.182. The highest BCUT2D eigenvalue weighted by molar-refractivity contribution is 6.04. The third kappa shape index (κ3) is 4.72. The fourth-order valence-corrected chi connectivity index (χ4v) is 3.05. The minimum Gasteiger partial charge on any atom is -0.481 e. The number of methoxy groups -OCH3 is 1. The quantitative estimate of drug-likeness (QED) is 0.379. The van der Waals surface area contributed by atoms with E-state index in [1.807, 2.05) is 50.2 Å². The van der Waals surface area contributed by atoms with E-state index in [0.29, 0.717) is 16.8 Å². The summed E-state index contributed by atoms with van der Waals surface area (Å²) < 4.78 is 5.08. The largest absolute Gasteiger partial charge is 0.481 e. The first kappa shape index (κ1) is 20.8. The first-order valence-corrected chi connectivity index (χ1v) is 9.38. The van der Waals surface area contributed by atoms with Gasteiger partial charge in [0.1, 0.15) is 5.82 Å². The van der Waals surface area contributed by atoms with Crippen LogP contribution in [0.25, 0.3) is 11.3 Å². The van der Waals surface area contributed by atoms with Crippen LogP contribution in [0.1, 0.15) is 29.8 Å². The highest BCUT2D eigenvalue weighted by Gasteiger charge is 2.19. The Balaban J connectivity index is 1.90. The van der Waals surface area contributed by atoms with Gasteiger partial charge >= 0.3 is 6.03 Å². The number of nitrogens with two attached hydrogens (primary N) is 1. The highest BCUT2D eigenvalue weighted by Crippen LogP contribution is 2.29. The summed E-state index contributed by atoms with van der Waals surface area (Å²) in [4.78, 5) is 21.2. The number of aromatic nitrogens is 2. The topological polar surface area (TPSA) is 126 Å². The predicted octanol–water partition coefficient (Wildman–Crippen LogP) is 3.89. The van der Waals surface area contributed by atoms with E-state index < -0.39 is 6.03 Å². The molecule has 8 nitrogen and oxygen atoms in total. The lowest BCUT2D eigenvalue weighted by Gasteiger charge is -2.17. The number of pyridine rings is 2. The number of hydrogen-bond donors (Lipinski definition) is 4. The predicted molar refractivity (Wildman–Crippen MR) is 117 cm³/mol. The molecule has 30 heavy (non-hydrogen) atoms. The fourth-order valence-electron chi connectivity index (χ4n) is 3.05. The molecule has 0 aliphatic heterocycles. The minimum absolute atomic E-state index is 0.113. The Kier molecular flexibility index (Phi) is 6.26. The second-order valence-electron chi connectivity index (χ2n) is 6.77. The van der Waals surface area contributed by atoms with Crippen LogP contribution in [0.15, 0.2) is 54.7 Å². The number of carbonyl (C=O) groups is 1. The zero-order chi connectivity index (χ0) is 21.7. The number of carbonyl (C=O) groups excluding carboxylic acids is 1. The lowest BCUT2D eigenvalue weighted by molar-refractivity contribution is 0.249. The van der Waals surface area contributed by atoms with Gasteiger partial charge in [0.25, 0.3) is 0 Å². The molecule has 0 saturated carbocycles. The lowest BCUT2D eigenvalue weighted by Crippen LogP contribution is -2.31. The first-order chi connectivity index (χ1) is 14.4. The number of nitrogens with one attached hydrogen (secondary N) is 3. The van der Waals surface area contributed by atoms with E-state index in [4.69, 9.17) is 15.9 Å². The van der Waals surface area contributed by atoms with E-state index in [2.05, 4.69) is 20.6 Å². The average molecular weight is 404 g/mol. The van der Waals surface area contributed by atoms with Crippen molar-refractivity contribution in [2.45, 2.75) is 19.9 Å². The van der Waals surface area contributed by atoms with Gasteiger partial charge in [0.05, 0.1) is 30.1 Å². The van der Waals surface area contributed by atoms with E-state index >= 15 is 0 Å². The molecular formula is C22H24N6O2. The monoisotopic (exact) mass is 404 g/mol. The molecule has 2 heterocycles. The number of anilines is 2. The molecule has 5 N–H and O–H groups in total. The van der Waals surface area contributed by atoms with Crippen LogP contribution in [0, 0.1) is 12.3 Å². The van der Waals surface area contributed by atoms with Gasteiger partial charge in [-0.15, -0.1) is 0 Å². The standard InChI is InChI=1S/C22H24N6O2/c1-13-11-16(9-10-25-13)20-19(21(24)30-3)17(23)12-18(27-20)28-22(29)26-14(2)15-7-5-4-6-8-15/h4-12,14,24H,1-3H3,(H4,23,26,27,28,29)/t14-/m1/s1. The molecule has 1 aromatic carbocycles. The molecule has 0 unspecified atom stereocenters. The molecule has 1 atom stereocenters. The van der Waals surface area contributed by atoms with Gasteiger partial charge in [-0.25, -0.2) is 9.78 Å². The van der Waals surface area contributed by atoms with E-state index in [1.54, 1.807) is 12.3 Å². The number of nitrogens with zero attached hydrogens (tertiary/aromatic N) is 2. The summed E-state index contributed by atoms with van der Waals surface area (Å²) >= 11 is 0. The Hall–Kier alpha value is -3.94. The molecule has 0 bridgehead atoms. The van der Waals surface area contributed by atoms with Crippen molar-refractivity contribution in [2.75, 3.05) is 18.2 Å². The Morgan fingerprint density at radius 1 is 1.20 bits per heavy atom. The van der Waals surface area contributed by atoms with Crippen LogP contribution in [-0.4, -0.2) is 29.0 Å². The second-order valence-corrected chi connectivity index (χ2v) is 6.77. The van der Waals surface area contributed by atoms with Crippen molar-refractivity contribution >= 4 is 23.4 Å². The van der Waals surface area contributed by atoms with Crippen LogP contribution in [0.3, 0.4) is 0 Å². The average Bonchev–Trinajstić information content (AvgIpc) is 2.73. The van der Waals surface area contributed by atoms with E-state index in [9.17, 15) is 4.79 Å². The van der Waals surface area contributed by atoms with Crippen LogP contribution >= 0.6 is 0 Å². The summed E-state index contributed by atoms with van der Waals surface area (Å²) in [7, 11) is 1.40. The molecule has 154 valence electrons. The van der Waals surface area contributed by atoms with Crippen molar-refractivity contribution in [1.82, 2.24) is 15.3 Å². The molecule has 2 amide bonds. The molecule has 0 aliphatic rings. The molecule has 0 radical (unpaired) electrons. The van der Waals surface area contributed by atoms with Crippen LogP contribution in [-0.2, 0) is 4.74 Å². The Morgan fingerprint density at radius 3 is 2.60 bits per heavy atom.